The van der Waals surface area contributed by atoms with Crippen molar-refractivity contribution in [2.45, 2.75) is 64.3 Å². The van der Waals surface area contributed by atoms with Crippen molar-refractivity contribution in [2.24, 2.45) is 11.8 Å². The highest BCUT2D eigenvalue weighted by Crippen LogP contribution is 2.40. The molecule has 0 saturated heterocycles. The summed E-state index contributed by atoms with van der Waals surface area (Å²) in [7, 11) is 0. The van der Waals surface area contributed by atoms with Gasteiger partial charge in [0.1, 0.15) is 5.78 Å². The van der Waals surface area contributed by atoms with Gasteiger partial charge in [-0.3, -0.25) is 9.59 Å². The molecule has 3 rings (SSSR count). The maximum Gasteiger partial charge on any atom is 0.223 e. The van der Waals surface area contributed by atoms with Crippen molar-refractivity contribution in [1.29, 1.82) is 0 Å². The number of nitrogens with one attached hydrogen (secondary N) is 1. The van der Waals surface area contributed by atoms with Gasteiger partial charge in [-0.1, -0.05) is 49.6 Å². The van der Waals surface area contributed by atoms with E-state index < -0.39 is 0 Å². The van der Waals surface area contributed by atoms with E-state index in [-0.39, 0.29) is 23.3 Å². The Labute approximate surface area is 138 Å². The summed E-state index contributed by atoms with van der Waals surface area (Å²) in [6, 6.07) is 8.53. The molecular formula is C20H27NO2. The van der Waals surface area contributed by atoms with Gasteiger partial charge in [0, 0.05) is 18.3 Å². The molecule has 1 aromatic carbocycles. The number of carbonyl (C=O) groups is 2. The Kier molecular flexibility index (Phi) is 4.56. The molecule has 2 fully saturated rings. The molecule has 0 aliphatic heterocycles. The van der Waals surface area contributed by atoms with E-state index in [1.807, 2.05) is 6.92 Å². The largest absolute Gasteiger partial charge is 0.346 e. The van der Waals surface area contributed by atoms with Gasteiger partial charge < -0.3 is 5.32 Å². The summed E-state index contributed by atoms with van der Waals surface area (Å²) in [6.45, 7) is 4.05. The molecule has 2 saturated carbocycles. The zero-order valence-electron chi connectivity index (χ0n) is 14.2. The van der Waals surface area contributed by atoms with Crippen LogP contribution in [0.25, 0.3) is 0 Å². The minimum Gasteiger partial charge on any atom is -0.346 e. The molecule has 0 bridgehead atoms. The van der Waals surface area contributed by atoms with Crippen molar-refractivity contribution < 1.29 is 9.59 Å². The van der Waals surface area contributed by atoms with Crippen LogP contribution in [-0.4, -0.2) is 11.7 Å². The second-order valence-corrected chi connectivity index (χ2v) is 7.49. The Morgan fingerprint density at radius 1 is 1.26 bits per heavy atom. The fourth-order valence-corrected chi connectivity index (χ4v) is 4.22. The molecule has 2 aliphatic rings. The van der Waals surface area contributed by atoms with E-state index in [2.05, 4.69) is 36.5 Å². The second kappa shape index (κ2) is 6.46. The third-order valence-electron chi connectivity index (χ3n) is 5.69. The second-order valence-electron chi connectivity index (χ2n) is 7.49. The van der Waals surface area contributed by atoms with Crippen molar-refractivity contribution >= 4 is 11.7 Å². The molecule has 3 heteroatoms. The molecule has 0 radical (unpaired) electrons. The van der Waals surface area contributed by atoms with Gasteiger partial charge in [0.2, 0.25) is 5.91 Å². The van der Waals surface area contributed by atoms with Gasteiger partial charge in [0.25, 0.3) is 0 Å². The lowest BCUT2D eigenvalue weighted by atomic mass is 9.80. The van der Waals surface area contributed by atoms with E-state index in [1.54, 1.807) is 0 Å². The van der Waals surface area contributed by atoms with Gasteiger partial charge in [-0.05, 0) is 38.2 Å². The predicted molar refractivity (Wildman–Crippen MR) is 91.0 cm³/mol. The van der Waals surface area contributed by atoms with E-state index in [4.69, 9.17) is 0 Å². The summed E-state index contributed by atoms with van der Waals surface area (Å²) < 4.78 is 0. The number of rotatable bonds is 3. The molecule has 0 aromatic heterocycles. The zero-order chi connectivity index (χ0) is 16.4. The highest BCUT2D eigenvalue weighted by molar-refractivity contribution is 5.86. The average Bonchev–Trinajstić information content (AvgIpc) is 3.00. The lowest BCUT2D eigenvalue weighted by Gasteiger charge is -2.34. The van der Waals surface area contributed by atoms with Crippen molar-refractivity contribution in [3.05, 3.63) is 35.4 Å². The van der Waals surface area contributed by atoms with Crippen LogP contribution in [0.15, 0.2) is 24.3 Å². The van der Waals surface area contributed by atoms with Gasteiger partial charge >= 0.3 is 0 Å². The summed E-state index contributed by atoms with van der Waals surface area (Å²) in [6.07, 6.45) is 6.32. The third kappa shape index (κ3) is 3.34. The van der Waals surface area contributed by atoms with Gasteiger partial charge in [-0.25, -0.2) is 0 Å². The predicted octanol–water partition coefficient (Wildman–Crippen LogP) is 3.89. The molecule has 0 unspecified atom stereocenters. The Bertz CT molecular complexity index is 601. The monoisotopic (exact) mass is 313 g/mol. The van der Waals surface area contributed by atoms with Crippen molar-refractivity contribution in [2.75, 3.05) is 0 Å². The molecule has 2 aliphatic carbocycles. The van der Waals surface area contributed by atoms with Crippen molar-refractivity contribution in [3.63, 3.8) is 0 Å². The molecule has 2 atom stereocenters. The number of carbonyl (C=O) groups excluding carboxylic acids is 2. The number of Topliss-reactive ketones (excluding diaryl/α,β-unsaturated/α-hetero) is 1. The van der Waals surface area contributed by atoms with E-state index in [9.17, 15) is 9.59 Å². The summed E-state index contributed by atoms with van der Waals surface area (Å²) >= 11 is 0. The van der Waals surface area contributed by atoms with Gasteiger partial charge in [-0.2, -0.15) is 0 Å². The van der Waals surface area contributed by atoms with Crippen LogP contribution in [0, 0.1) is 18.8 Å². The SMILES string of the molecule is Cc1cccc(C2(NC(=O)[C@H]3CCC(=O)[C@@H](C)C3)CCCC2)c1. The molecule has 1 amide bonds. The Balaban J connectivity index is 1.77. The number of amides is 1. The van der Waals surface area contributed by atoms with Gasteiger partial charge in [0.05, 0.1) is 5.54 Å². The van der Waals surface area contributed by atoms with Crippen LogP contribution < -0.4 is 5.32 Å². The Hall–Kier alpha value is -1.64. The molecule has 0 heterocycles. The molecule has 1 aromatic rings. The molecule has 1 N–H and O–H groups in total. The lowest BCUT2D eigenvalue weighted by molar-refractivity contribution is -0.132. The van der Waals surface area contributed by atoms with E-state index in [1.165, 1.54) is 11.1 Å². The normalized spacial score (nSPS) is 27.0. The van der Waals surface area contributed by atoms with E-state index in [0.29, 0.717) is 25.0 Å². The topological polar surface area (TPSA) is 46.2 Å². The lowest BCUT2D eigenvalue weighted by Crippen LogP contribution is -2.47. The van der Waals surface area contributed by atoms with Crippen LogP contribution >= 0.6 is 0 Å². The fraction of sp³-hybridized carbons (Fsp3) is 0.600. The third-order valence-corrected chi connectivity index (χ3v) is 5.69. The van der Waals surface area contributed by atoms with Crippen LogP contribution in [0.1, 0.15) is 63.0 Å². The molecular weight excluding hydrogens is 286 g/mol. The number of aryl methyl sites for hydroxylation is 1. The summed E-state index contributed by atoms with van der Waals surface area (Å²) in [4.78, 5) is 24.5. The van der Waals surface area contributed by atoms with Crippen LogP contribution in [0.3, 0.4) is 0 Å². The number of hydrogen-bond acceptors (Lipinski definition) is 2. The Morgan fingerprint density at radius 2 is 2.00 bits per heavy atom. The van der Waals surface area contributed by atoms with Crippen LogP contribution in [0.5, 0.6) is 0 Å². The molecule has 23 heavy (non-hydrogen) atoms. The number of hydrogen-bond donors (Lipinski definition) is 1. The van der Waals surface area contributed by atoms with E-state index >= 15 is 0 Å². The quantitative estimate of drug-likeness (QED) is 0.920. The first kappa shape index (κ1) is 16.2. The number of benzene rings is 1. The first-order valence-corrected chi connectivity index (χ1v) is 8.92. The summed E-state index contributed by atoms with van der Waals surface area (Å²) in [5.74, 6) is 0.471. The average molecular weight is 313 g/mol. The summed E-state index contributed by atoms with van der Waals surface area (Å²) in [5.41, 5.74) is 2.27. The van der Waals surface area contributed by atoms with Gasteiger partial charge in [0.15, 0.2) is 0 Å². The first-order chi connectivity index (χ1) is 11.0. The summed E-state index contributed by atoms with van der Waals surface area (Å²) in [5, 5.41) is 3.39. The van der Waals surface area contributed by atoms with Crippen LogP contribution in [0.4, 0.5) is 0 Å². The van der Waals surface area contributed by atoms with Gasteiger partial charge in [-0.15, -0.1) is 0 Å². The molecule has 3 nitrogen and oxygen atoms in total. The highest BCUT2D eigenvalue weighted by Gasteiger charge is 2.39. The fourth-order valence-electron chi connectivity index (χ4n) is 4.22. The number of ketones is 1. The molecule has 124 valence electrons. The molecule has 0 spiro atoms. The Morgan fingerprint density at radius 3 is 2.65 bits per heavy atom. The highest BCUT2D eigenvalue weighted by atomic mass is 16.2. The minimum atomic E-state index is -0.201. The van der Waals surface area contributed by atoms with Crippen molar-refractivity contribution in [1.82, 2.24) is 5.32 Å². The standard InChI is InChI=1S/C20H27NO2/c1-14-6-5-7-17(12-14)20(10-3-4-11-20)21-19(23)16-8-9-18(22)15(2)13-16/h5-7,12,15-16H,3-4,8-11,13H2,1-2H3,(H,21,23)/t15-,16-/m0/s1. The smallest absolute Gasteiger partial charge is 0.223 e. The zero-order valence-corrected chi connectivity index (χ0v) is 14.2. The minimum absolute atomic E-state index is 0.00927. The maximum atomic E-state index is 12.8. The maximum absolute atomic E-state index is 12.8. The van der Waals surface area contributed by atoms with Crippen molar-refractivity contribution in [3.8, 4) is 0 Å². The van der Waals surface area contributed by atoms with Crippen LogP contribution in [0.2, 0.25) is 0 Å². The van der Waals surface area contributed by atoms with Crippen LogP contribution in [-0.2, 0) is 15.1 Å². The first-order valence-electron chi connectivity index (χ1n) is 8.92. The van der Waals surface area contributed by atoms with E-state index in [0.717, 1.165) is 25.7 Å².